The molecule has 2 heterocycles. The number of hydrogen-bond donors (Lipinski definition) is 1. The maximum absolute atomic E-state index is 11.9. The lowest BCUT2D eigenvalue weighted by Crippen LogP contribution is -2.08. The van der Waals surface area contributed by atoms with Crippen LogP contribution in [0.5, 0.6) is 0 Å². The van der Waals surface area contributed by atoms with Crippen LogP contribution in [0.3, 0.4) is 0 Å². The molecular formula is C13H9N3OS. The van der Waals surface area contributed by atoms with Crippen molar-refractivity contribution in [1.82, 2.24) is 15.0 Å². The van der Waals surface area contributed by atoms with Gasteiger partial charge in [-0.15, -0.1) is 0 Å². The Labute approximate surface area is 107 Å². The Morgan fingerprint density at radius 1 is 1.06 bits per heavy atom. The molecule has 1 aromatic carbocycles. The van der Waals surface area contributed by atoms with Gasteiger partial charge in [-0.2, -0.15) is 0 Å². The number of aromatic nitrogens is 3. The van der Waals surface area contributed by atoms with Crippen molar-refractivity contribution in [2.24, 2.45) is 0 Å². The second-order valence-electron chi connectivity index (χ2n) is 3.66. The van der Waals surface area contributed by atoms with Crippen molar-refractivity contribution < 1.29 is 0 Å². The maximum atomic E-state index is 11.9. The molecule has 3 aromatic rings. The zero-order valence-electron chi connectivity index (χ0n) is 9.33. The Hall–Kier alpha value is -2.14. The molecule has 0 saturated carbocycles. The summed E-state index contributed by atoms with van der Waals surface area (Å²) >= 11 is 1.34. The molecule has 2 aromatic heterocycles. The third-order valence-electron chi connectivity index (χ3n) is 2.43. The zero-order valence-corrected chi connectivity index (χ0v) is 10.1. The van der Waals surface area contributed by atoms with Gasteiger partial charge in [-0.3, -0.25) is 4.79 Å². The van der Waals surface area contributed by atoms with E-state index in [1.165, 1.54) is 11.8 Å². The van der Waals surface area contributed by atoms with Crippen molar-refractivity contribution in [3.8, 4) is 0 Å². The van der Waals surface area contributed by atoms with Crippen LogP contribution in [0.4, 0.5) is 0 Å². The van der Waals surface area contributed by atoms with Gasteiger partial charge in [0.15, 0.2) is 5.16 Å². The number of benzene rings is 1. The van der Waals surface area contributed by atoms with Crippen LogP contribution < -0.4 is 5.56 Å². The standard InChI is InChI=1S/C13H9N3OS/c17-12-9-5-1-2-6-10(9)15-13(16-12)18-11-7-3-4-8-14-11/h1-8H,(H,15,16,17). The number of para-hydroxylation sites is 1. The van der Waals surface area contributed by atoms with Crippen LogP contribution in [0, 0.1) is 0 Å². The minimum Gasteiger partial charge on any atom is -0.301 e. The van der Waals surface area contributed by atoms with E-state index in [9.17, 15) is 4.79 Å². The van der Waals surface area contributed by atoms with E-state index >= 15 is 0 Å². The van der Waals surface area contributed by atoms with Gasteiger partial charge < -0.3 is 4.98 Å². The van der Waals surface area contributed by atoms with Gasteiger partial charge in [-0.25, -0.2) is 9.97 Å². The van der Waals surface area contributed by atoms with Crippen molar-refractivity contribution in [2.45, 2.75) is 10.2 Å². The SMILES string of the molecule is O=c1[nH]c(Sc2ccccn2)nc2ccccc12. The summed E-state index contributed by atoms with van der Waals surface area (Å²) in [6.45, 7) is 0. The molecule has 18 heavy (non-hydrogen) atoms. The molecular weight excluding hydrogens is 246 g/mol. The molecule has 4 nitrogen and oxygen atoms in total. The Balaban J connectivity index is 2.06. The average molecular weight is 255 g/mol. The fourth-order valence-electron chi connectivity index (χ4n) is 1.62. The van der Waals surface area contributed by atoms with Gasteiger partial charge in [0.2, 0.25) is 0 Å². The Morgan fingerprint density at radius 2 is 1.89 bits per heavy atom. The van der Waals surface area contributed by atoms with E-state index in [2.05, 4.69) is 15.0 Å². The molecule has 0 fully saturated rings. The topological polar surface area (TPSA) is 58.6 Å². The normalized spacial score (nSPS) is 10.7. The first kappa shape index (κ1) is 11.0. The summed E-state index contributed by atoms with van der Waals surface area (Å²) in [6.07, 6.45) is 1.71. The largest absolute Gasteiger partial charge is 0.301 e. The first-order chi connectivity index (χ1) is 8.83. The summed E-state index contributed by atoms with van der Waals surface area (Å²) in [5, 5.41) is 1.95. The third-order valence-corrected chi connectivity index (χ3v) is 3.27. The predicted octanol–water partition coefficient (Wildman–Crippen LogP) is 2.47. The van der Waals surface area contributed by atoms with E-state index in [0.717, 1.165) is 5.03 Å². The number of aromatic amines is 1. The molecule has 0 unspecified atom stereocenters. The fourth-order valence-corrected chi connectivity index (χ4v) is 2.37. The van der Waals surface area contributed by atoms with E-state index in [1.807, 2.05) is 36.4 Å². The molecule has 5 heteroatoms. The number of H-pyrrole nitrogens is 1. The number of rotatable bonds is 2. The van der Waals surface area contributed by atoms with E-state index in [1.54, 1.807) is 12.3 Å². The van der Waals surface area contributed by atoms with Gasteiger partial charge in [0.1, 0.15) is 5.03 Å². The van der Waals surface area contributed by atoms with E-state index < -0.39 is 0 Å². The van der Waals surface area contributed by atoms with Crippen molar-refractivity contribution >= 4 is 22.7 Å². The Morgan fingerprint density at radius 3 is 2.72 bits per heavy atom. The Bertz CT molecular complexity index is 740. The minimum absolute atomic E-state index is 0.126. The summed E-state index contributed by atoms with van der Waals surface area (Å²) < 4.78 is 0. The van der Waals surface area contributed by atoms with Gasteiger partial charge in [0.05, 0.1) is 10.9 Å². The van der Waals surface area contributed by atoms with Crippen LogP contribution in [0.25, 0.3) is 10.9 Å². The molecule has 0 aliphatic heterocycles. The highest BCUT2D eigenvalue weighted by atomic mass is 32.2. The molecule has 0 spiro atoms. The van der Waals surface area contributed by atoms with Crippen molar-refractivity contribution in [3.05, 3.63) is 59.0 Å². The molecule has 0 aliphatic carbocycles. The first-order valence-corrected chi connectivity index (χ1v) is 6.22. The van der Waals surface area contributed by atoms with Crippen LogP contribution in [0.15, 0.2) is 63.6 Å². The minimum atomic E-state index is -0.126. The number of nitrogens with zero attached hydrogens (tertiary/aromatic N) is 2. The highest BCUT2D eigenvalue weighted by Gasteiger charge is 2.04. The lowest BCUT2D eigenvalue weighted by molar-refractivity contribution is 0.967. The van der Waals surface area contributed by atoms with Crippen LogP contribution >= 0.6 is 11.8 Å². The molecule has 1 N–H and O–H groups in total. The monoisotopic (exact) mass is 255 g/mol. The second kappa shape index (κ2) is 4.62. The summed E-state index contributed by atoms with van der Waals surface area (Å²) in [7, 11) is 0. The molecule has 0 amide bonds. The summed E-state index contributed by atoms with van der Waals surface area (Å²) in [4.78, 5) is 23.2. The van der Waals surface area contributed by atoms with Gasteiger partial charge in [-0.05, 0) is 36.0 Å². The number of hydrogen-bond acceptors (Lipinski definition) is 4. The van der Waals surface area contributed by atoms with Crippen LogP contribution in [-0.4, -0.2) is 15.0 Å². The molecule has 0 bridgehead atoms. The van der Waals surface area contributed by atoms with Crippen molar-refractivity contribution in [2.75, 3.05) is 0 Å². The highest BCUT2D eigenvalue weighted by Crippen LogP contribution is 2.22. The molecule has 0 saturated heterocycles. The predicted molar refractivity (Wildman–Crippen MR) is 70.7 cm³/mol. The summed E-state index contributed by atoms with van der Waals surface area (Å²) in [5.41, 5.74) is 0.568. The zero-order chi connectivity index (χ0) is 12.4. The summed E-state index contributed by atoms with van der Waals surface area (Å²) in [6, 6.07) is 12.9. The lowest BCUT2D eigenvalue weighted by atomic mass is 10.2. The quantitative estimate of drug-likeness (QED) is 0.715. The molecule has 3 rings (SSSR count). The summed E-state index contributed by atoms with van der Waals surface area (Å²) in [5.74, 6) is 0. The molecule has 0 aliphatic rings. The number of pyridine rings is 1. The highest BCUT2D eigenvalue weighted by molar-refractivity contribution is 7.99. The van der Waals surface area contributed by atoms with Crippen molar-refractivity contribution in [3.63, 3.8) is 0 Å². The average Bonchev–Trinajstić information content (AvgIpc) is 2.40. The molecule has 0 atom stereocenters. The van der Waals surface area contributed by atoms with Gasteiger partial charge in [0.25, 0.3) is 5.56 Å². The van der Waals surface area contributed by atoms with E-state index in [0.29, 0.717) is 16.1 Å². The van der Waals surface area contributed by atoms with Gasteiger partial charge in [0, 0.05) is 6.20 Å². The maximum Gasteiger partial charge on any atom is 0.259 e. The fraction of sp³-hybridized carbons (Fsp3) is 0. The second-order valence-corrected chi connectivity index (χ2v) is 4.67. The van der Waals surface area contributed by atoms with Gasteiger partial charge >= 0.3 is 0 Å². The lowest BCUT2D eigenvalue weighted by Gasteiger charge is -2.01. The number of nitrogens with one attached hydrogen (secondary N) is 1. The Kier molecular flexibility index (Phi) is 2.82. The molecule has 88 valence electrons. The van der Waals surface area contributed by atoms with E-state index in [4.69, 9.17) is 0 Å². The third kappa shape index (κ3) is 2.12. The first-order valence-electron chi connectivity index (χ1n) is 5.41. The molecule has 0 radical (unpaired) electrons. The number of fused-ring (bicyclic) bond motifs is 1. The van der Waals surface area contributed by atoms with Crippen molar-refractivity contribution in [1.29, 1.82) is 0 Å². The van der Waals surface area contributed by atoms with Crippen LogP contribution in [-0.2, 0) is 0 Å². The van der Waals surface area contributed by atoms with Crippen LogP contribution in [0.2, 0.25) is 0 Å². The van der Waals surface area contributed by atoms with Gasteiger partial charge in [-0.1, -0.05) is 18.2 Å². The van der Waals surface area contributed by atoms with Crippen LogP contribution in [0.1, 0.15) is 0 Å². The van der Waals surface area contributed by atoms with E-state index in [-0.39, 0.29) is 5.56 Å². The smallest absolute Gasteiger partial charge is 0.259 e.